The van der Waals surface area contributed by atoms with Gasteiger partial charge >= 0.3 is 0 Å². The van der Waals surface area contributed by atoms with Crippen molar-refractivity contribution in [2.24, 2.45) is 0 Å². The van der Waals surface area contributed by atoms with Gasteiger partial charge in [0.15, 0.2) is 5.82 Å². The van der Waals surface area contributed by atoms with Crippen molar-refractivity contribution in [3.8, 4) is 17.0 Å². The molecule has 5 heteroatoms. The molecular formula is C25H25N3O2. The van der Waals surface area contributed by atoms with Crippen molar-refractivity contribution in [3.05, 3.63) is 71.0 Å². The maximum absolute atomic E-state index is 12.8. The van der Waals surface area contributed by atoms with E-state index in [0.29, 0.717) is 17.3 Å². The molecule has 1 saturated carbocycles. The number of nitrogens with zero attached hydrogens (tertiary/aromatic N) is 2. The van der Waals surface area contributed by atoms with E-state index in [4.69, 9.17) is 9.97 Å². The van der Waals surface area contributed by atoms with Crippen LogP contribution in [0.5, 0.6) is 5.75 Å². The van der Waals surface area contributed by atoms with Crippen LogP contribution < -0.4 is 5.32 Å². The molecule has 1 aromatic heterocycles. The summed E-state index contributed by atoms with van der Waals surface area (Å²) in [6, 6.07) is 14.7. The van der Waals surface area contributed by atoms with Gasteiger partial charge in [0.05, 0.1) is 17.1 Å². The summed E-state index contributed by atoms with van der Waals surface area (Å²) in [6.45, 7) is 0. The zero-order valence-electron chi connectivity index (χ0n) is 16.9. The number of phenols is 1. The fourth-order valence-corrected chi connectivity index (χ4v) is 4.67. The smallest absolute Gasteiger partial charge is 0.256 e. The third kappa shape index (κ3) is 3.56. The predicted molar refractivity (Wildman–Crippen MR) is 117 cm³/mol. The van der Waals surface area contributed by atoms with Crippen LogP contribution in [0.1, 0.15) is 65.3 Å². The van der Waals surface area contributed by atoms with E-state index in [1.807, 2.05) is 42.5 Å². The Morgan fingerprint density at radius 2 is 1.77 bits per heavy atom. The van der Waals surface area contributed by atoms with E-state index >= 15 is 0 Å². The molecule has 2 aliphatic rings. The summed E-state index contributed by atoms with van der Waals surface area (Å²) in [6.07, 6.45) is 7.31. The molecule has 2 aliphatic carbocycles. The summed E-state index contributed by atoms with van der Waals surface area (Å²) in [7, 11) is 0. The van der Waals surface area contributed by atoms with Crippen molar-refractivity contribution in [1.29, 1.82) is 0 Å². The van der Waals surface area contributed by atoms with Crippen LogP contribution in [0.15, 0.2) is 48.5 Å². The van der Waals surface area contributed by atoms with E-state index in [-0.39, 0.29) is 11.7 Å². The molecule has 0 aliphatic heterocycles. The lowest BCUT2D eigenvalue weighted by atomic mass is 9.85. The molecule has 0 unspecified atom stereocenters. The number of benzene rings is 2. The van der Waals surface area contributed by atoms with Gasteiger partial charge in [-0.1, -0.05) is 37.5 Å². The van der Waals surface area contributed by atoms with Gasteiger partial charge in [0.25, 0.3) is 5.91 Å². The maximum Gasteiger partial charge on any atom is 0.256 e. The average molecular weight is 399 g/mol. The minimum absolute atomic E-state index is 0.150. The third-order valence-corrected chi connectivity index (χ3v) is 6.23. The second-order valence-corrected chi connectivity index (χ2v) is 8.25. The van der Waals surface area contributed by atoms with Gasteiger partial charge in [0.1, 0.15) is 5.75 Å². The summed E-state index contributed by atoms with van der Waals surface area (Å²) in [5.41, 5.74) is 5.48. The molecule has 0 radical (unpaired) electrons. The fourth-order valence-electron chi connectivity index (χ4n) is 4.67. The zero-order valence-corrected chi connectivity index (χ0v) is 16.9. The van der Waals surface area contributed by atoms with Crippen LogP contribution in [0.25, 0.3) is 11.3 Å². The molecule has 2 aromatic carbocycles. The van der Waals surface area contributed by atoms with Crippen molar-refractivity contribution < 1.29 is 9.90 Å². The Kier molecular flexibility index (Phi) is 4.95. The van der Waals surface area contributed by atoms with E-state index in [1.54, 1.807) is 6.07 Å². The maximum atomic E-state index is 12.8. The summed E-state index contributed by atoms with van der Waals surface area (Å²) in [4.78, 5) is 22.9. The molecule has 0 spiro atoms. The molecule has 152 valence electrons. The molecule has 1 fully saturated rings. The van der Waals surface area contributed by atoms with Gasteiger partial charge in [-0.3, -0.25) is 4.79 Å². The van der Waals surface area contributed by atoms with Crippen LogP contribution in [-0.4, -0.2) is 21.0 Å². The first-order chi connectivity index (χ1) is 14.7. The number of fused-ring (bicyclic) bond motifs is 3. The molecule has 2 N–H and O–H groups in total. The molecule has 3 aromatic rings. The standard InChI is InChI=1S/C25H25N3O2/c29-19-12-13-20-18(15-19)11-14-21-23(20)27-22(16-7-3-1-4-8-16)24(26-21)28-25(30)17-9-5-2-6-10-17/h2,5-6,9-10,12-13,15-16,29H,1,3-4,7-8,11,14H2,(H,26,28,30). The summed E-state index contributed by atoms with van der Waals surface area (Å²) < 4.78 is 0. The predicted octanol–water partition coefficient (Wildman–Crippen LogP) is 5.25. The first-order valence-electron chi connectivity index (χ1n) is 10.8. The summed E-state index contributed by atoms with van der Waals surface area (Å²) in [5, 5.41) is 12.9. The van der Waals surface area contributed by atoms with Crippen molar-refractivity contribution in [2.75, 3.05) is 5.32 Å². The Morgan fingerprint density at radius 1 is 0.967 bits per heavy atom. The monoisotopic (exact) mass is 399 g/mol. The highest BCUT2D eigenvalue weighted by atomic mass is 16.3. The fraction of sp³-hybridized carbons (Fsp3) is 0.320. The van der Waals surface area contributed by atoms with Gasteiger partial charge in [-0.25, -0.2) is 9.97 Å². The van der Waals surface area contributed by atoms with Crippen LogP contribution in [-0.2, 0) is 12.8 Å². The van der Waals surface area contributed by atoms with Crippen LogP contribution in [0.2, 0.25) is 0 Å². The molecule has 30 heavy (non-hydrogen) atoms. The van der Waals surface area contributed by atoms with E-state index < -0.39 is 0 Å². The van der Waals surface area contributed by atoms with Gasteiger partial charge in [-0.15, -0.1) is 0 Å². The molecule has 0 bridgehead atoms. The highest BCUT2D eigenvalue weighted by Gasteiger charge is 2.27. The number of hydrogen-bond donors (Lipinski definition) is 2. The number of hydrogen-bond acceptors (Lipinski definition) is 4. The Morgan fingerprint density at radius 3 is 2.57 bits per heavy atom. The van der Waals surface area contributed by atoms with Gasteiger partial charge in [0.2, 0.25) is 0 Å². The quantitative estimate of drug-likeness (QED) is 0.631. The van der Waals surface area contributed by atoms with E-state index in [1.165, 1.54) is 19.3 Å². The van der Waals surface area contributed by atoms with Crippen molar-refractivity contribution in [3.63, 3.8) is 0 Å². The number of carbonyl (C=O) groups excluding carboxylic acids is 1. The van der Waals surface area contributed by atoms with Crippen molar-refractivity contribution in [2.45, 2.75) is 50.9 Å². The van der Waals surface area contributed by atoms with E-state index in [0.717, 1.165) is 53.9 Å². The number of aryl methyl sites for hydroxylation is 2. The number of aromatic nitrogens is 2. The number of phenolic OH excluding ortho intramolecular Hbond substituents is 1. The average Bonchev–Trinajstić information content (AvgIpc) is 2.79. The molecule has 5 nitrogen and oxygen atoms in total. The highest BCUT2D eigenvalue weighted by Crippen LogP contribution is 2.39. The van der Waals surface area contributed by atoms with Gasteiger partial charge < -0.3 is 10.4 Å². The van der Waals surface area contributed by atoms with Crippen molar-refractivity contribution >= 4 is 11.7 Å². The number of nitrogens with one attached hydrogen (secondary N) is 1. The Labute approximate surface area is 176 Å². The largest absolute Gasteiger partial charge is 0.508 e. The Balaban J connectivity index is 1.58. The molecule has 1 heterocycles. The SMILES string of the molecule is O=C(Nc1nc2c(nc1C1CCCCC1)-c1ccc(O)cc1CC2)c1ccccc1. The Bertz CT molecular complexity index is 1090. The van der Waals surface area contributed by atoms with Crippen molar-refractivity contribution in [1.82, 2.24) is 9.97 Å². The molecular weight excluding hydrogens is 374 g/mol. The third-order valence-electron chi connectivity index (χ3n) is 6.23. The number of aromatic hydroxyl groups is 1. The summed E-state index contributed by atoms with van der Waals surface area (Å²) in [5.74, 6) is 1.05. The number of amides is 1. The first kappa shape index (κ1) is 18.8. The van der Waals surface area contributed by atoms with Gasteiger partial charge in [-0.2, -0.15) is 0 Å². The minimum atomic E-state index is -0.150. The molecule has 0 saturated heterocycles. The lowest BCUT2D eigenvalue weighted by Crippen LogP contribution is -2.20. The first-order valence-corrected chi connectivity index (χ1v) is 10.8. The lowest BCUT2D eigenvalue weighted by molar-refractivity contribution is 0.102. The lowest BCUT2D eigenvalue weighted by Gasteiger charge is -2.26. The van der Waals surface area contributed by atoms with E-state index in [9.17, 15) is 9.90 Å². The molecule has 5 rings (SSSR count). The Hall–Kier alpha value is -3.21. The van der Waals surface area contributed by atoms with Gasteiger partial charge in [-0.05, 0) is 61.6 Å². The van der Waals surface area contributed by atoms with Crippen LogP contribution in [0.4, 0.5) is 5.82 Å². The van der Waals surface area contributed by atoms with Gasteiger partial charge in [0, 0.05) is 17.0 Å². The molecule has 0 atom stereocenters. The second-order valence-electron chi connectivity index (χ2n) is 8.25. The highest BCUT2D eigenvalue weighted by molar-refractivity contribution is 6.04. The van der Waals surface area contributed by atoms with Crippen LogP contribution in [0.3, 0.4) is 0 Å². The normalized spacial score (nSPS) is 15.9. The van der Waals surface area contributed by atoms with E-state index in [2.05, 4.69) is 5.32 Å². The number of rotatable bonds is 3. The molecule has 1 amide bonds. The minimum Gasteiger partial charge on any atom is -0.508 e. The number of carbonyl (C=O) groups is 1. The number of anilines is 1. The zero-order chi connectivity index (χ0) is 20.5. The topological polar surface area (TPSA) is 75.1 Å². The second kappa shape index (κ2) is 7.90. The van der Waals surface area contributed by atoms with Crippen LogP contribution in [0, 0.1) is 0 Å². The summed E-state index contributed by atoms with van der Waals surface area (Å²) >= 11 is 0. The van der Waals surface area contributed by atoms with Crippen LogP contribution >= 0.6 is 0 Å².